The van der Waals surface area contributed by atoms with E-state index in [4.69, 9.17) is 9.47 Å². The Bertz CT molecular complexity index is 837. The summed E-state index contributed by atoms with van der Waals surface area (Å²) in [5, 5.41) is 0. The molecule has 2 aromatic rings. The van der Waals surface area contributed by atoms with E-state index in [0.717, 1.165) is 17.5 Å². The lowest BCUT2D eigenvalue weighted by Crippen LogP contribution is -2.48. The molecule has 3 heterocycles. The van der Waals surface area contributed by atoms with Gasteiger partial charge in [0.25, 0.3) is 5.91 Å². The van der Waals surface area contributed by atoms with Crippen LogP contribution in [0, 0.1) is 5.82 Å². The van der Waals surface area contributed by atoms with Crippen molar-refractivity contribution in [2.75, 3.05) is 13.2 Å². The zero-order chi connectivity index (χ0) is 17.7. The highest BCUT2D eigenvalue weighted by molar-refractivity contribution is 5.82. The van der Waals surface area contributed by atoms with Crippen LogP contribution in [0.5, 0.6) is 0 Å². The van der Waals surface area contributed by atoms with Gasteiger partial charge in [-0.15, -0.1) is 0 Å². The molecule has 0 unspecified atom stereocenters. The molecule has 4 nitrogen and oxygen atoms in total. The monoisotopic (exact) mass is 353 g/mol. The zero-order valence-corrected chi connectivity index (χ0v) is 14.3. The lowest BCUT2D eigenvalue weighted by Gasteiger charge is -2.39. The molecule has 2 saturated heterocycles. The van der Waals surface area contributed by atoms with Gasteiger partial charge in [0.15, 0.2) is 0 Å². The second-order valence-electron chi connectivity index (χ2n) is 7.21. The number of rotatable bonds is 2. The van der Waals surface area contributed by atoms with Crippen LogP contribution in [-0.2, 0) is 20.7 Å². The summed E-state index contributed by atoms with van der Waals surface area (Å²) in [7, 11) is 0. The molecule has 134 valence electrons. The minimum atomic E-state index is -0.452. The average Bonchev–Trinajstić information content (AvgIpc) is 3.46. The molecule has 0 N–H and O–H groups in total. The van der Waals surface area contributed by atoms with Crippen molar-refractivity contribution < 1.29 is 18.7 Å². The minimum Gasteiger partial charge on any atom is -0.367 e. The molecule has 4 atom stereocenters. The number of ether oxygens (including phenoxy) is 2. The van der Waals surface area contributed by atoms with Crippen LogP contribution in [0.4, 0.5) is 4.39 Å². The first kappa shape index (κ1) is 16.0. The Kier molecular flexibility index (Phi) is 3.80. The topological polar surface area (TPSA) is 42.1 Å². The van der Waals surface area contributed by atoms with Gasteiger partial charge in [-0.2, -0.15) is 0 Å². The number of epoxide rings is 1. The number of carbonyl (C=O) groups is 1. The highest BCUT2D eigenvalue weighted by Crippen LogP contribution is 2.38. The first-order chi connectivity index (χ1) is 12.7. The van der Waals surface area contributed by atoms with Gasteiger partial charge in [-0.25, -0.2) is 4.39 Å². The van der Waals surface area contributed by atoms with Crippen molar-refractivity contribution in [3.63, 3.8) is 0 Å². The molecule has 5 heteroatoms. The Morgan fingerprint density at radius 3 is 2.69 bits per heavy atom. The number of carbonyl (C=O) groups excluding carboxylic acids is 1. The number of hydrogen-bond donors (Lipinski definition) is 0. The number of halogens is 1. The van der Waals surface area contributed by atoms with Crippen molar-refractivity contribution in [2.24, 2.45) is 0 Å². The van der Waals surface area contributed by atoms with Crippen molar-refractivity contribution in [2.45, 2.75) is 37.2 Å². The summed E-state index contributed by atoms with van der Waals surface area (Å²) < 4.78 is 24.7. The molecule has 0 radical (unpaired) electrons. The molecule has 3 aliphatic heterocycles. The van der Waals surface area contributed by atoms with E-state index in [1.54, 1.807) is 12.1 Å². The summed E-state index contributed by atoms with van der Waals surface area (Å²) in [6.07, 6.45) is 1.33. The van der Waals surface area contributed by atoms with E-state index in [2.05, 4.69) is 12.1 Å². The molecule has 26 heavy (non-hydrogen) atoms. The highest BCUT2D eigenvalue weighted by atomic mass is 19.1. The van der Waals surface area contributed by atoms with Crippen LogP contribution in [0.2, 0.25) is 0 Å². The largest absolute Gasteiger partial charge is 0.367 e. The number of benzene rings is 2. The van der Waals surface area contributed by atoms with Crippen LogP contribution in [0.25, 0.3) is 0 Å². The Labute approximate surface area is 151 Å². The standard InChI is InChI=1S/C21H20FNO3/c22-15-7-5-14(6-8-15)20-16-4-2-1-3-13(16)9-10-23(20)21(24)18-11-17-19(26-17)12-25-18/h1-8,17-20H,9-12H2/t17-,18+,19+,20-/m0/s1. The van der Waals surface area contributed by atoms with E-state index >= 15 is 0 Å². The van der Waals surface area contributed by atoms with Gasteiger partial charge in [-0.05, 0) is 35.2 Å². The Morgan fingerprint density at radius 2 is 1.88 bits per heavy atom. The second-order valence-corrected chi connectivity index (χ2v) is 7.21. The molecule has 2 fully saturated rings. The minimum absolute atomic E-state index is 0.00257. The lowest BCUT2D eigenvalue weighted by molar-refractivity contribution is -0.147. The fourth-order valence-electron chi connectivity index (χ4n) is 4.19. The Hall–Kier alpha value is -2.24. The summed E-state index contributed by atoms with van der Waals surface area (Å²) in [6, 6.07) is 14.4. The Morgan fingerprint density at radius 1 is 1.08 bits per heavy atom. The molecule has 0 aromatic heterocycles. The van der Waals surface area contributed by atoms with Crippen LogP contribution in [0.3, 0.4) is 0 Å². The van der Waals surface area contributed by atoms with Gasteiger partial charge < -0.3 is 14.4 Å². The third-order valence-electron chi connectivity index (χ3n) is 5.62. The van der Waals surface area contributed by atoms with Gasteiger partial charge in [-0.3, -0.25) is 4.79 Å². The van der Waals surface area contributed by atoms with E-state index in [1.807, 2.05) is 17.0 Å². The number of nitrogens with zero attached hydrogens (tertiary/aromatic N) is 1. The molecule has 1 amide bonds. The quantitative estimate of drug-likeness (QED) is 0.780. The third-order valence-corrected chi connectivity index (χ3v) is 5.62. The number of hydrogen-bond acceptors (Lipinski definition) is 3. The molecule has 0 saturated carbocycles. The first-order valence-electron chi connectivity index (χ1n) is 9.11. The first-order valence-corrected chi connectivity index (χ1v) is 9.11. The summed E-state index contributed by atoms with van der Waals surface area (Å²) in [5.41, 5.74) is 3.26. The summed E-state index contributed by atoms with van der Waals surface area (Å²) in [4.78, 5) is 15.1. The van der Waals surface area contributed by atoms with Crippen molar-refractivity contribution >= 4 is 5.91 Å². The van der Waals surface area contributed by atoms with Crippen LogP contribution in [0.1, 0.15) is 29.2 Å². The van der Waals surface area contributed by atoms with E-state index < -0.39 is 6.10 Å². The second kappa shape index (κ2) is 6.18. The maximum Gasteiger partial charge on any atom is 0.252 e. The smallest absolute Gasteiger partial charge is 0.252 e. The van der Waals surface area contributed by atoms with Gasteiger partial charge in [-0.1, -0.05) is 36.4 Å². The van der Waals surface area contributed by atoms with Crippen molar-refractivity contribution in [1.82, 2.24) is 4.90 Å². The molecule has 5 rings (SSSR count). The third kappa shape index (κ3) is 2.72. The van der Waals surface area contributed by atoms with Gasteiger partial charge in [0, 0.05) is 13.0 Å². The molecule has 0 bridgehead atoms. The Balaban J connectivity index is 1.50. The molecule has 3 aliphatic rings. The van der Waals surface area contributed by atoms with Crippen molar-refractivity contribution in [1.29, 1.82) is 0 Å². The molecular formula is C21H20FNO3. The van der Waals surface area contributed by atoms with Crippen molar-refractivity contribution in [3.8, 4) is 0 Å². The van der Waals surface area contributed by atoms with E-state index in [9.17, 15) is 9.18 Å². The van der Waals surface area contributed by atoms with Gasteiger partial charge >= 0.3 is 0 Å². The van der Waals surface area contributed by atoms with Gasteiger partial charge in [0.2, 0.25) is 0 Å². The summed E-state index contributed by atoms with van der Waals surface area (Å²) in [5.74, 6) is -0.272. The summed E-state index contributed by atoms with van der Waals surface area (Å²) in [6.45, 7) is 1.12. The van der Waals surface area contributed by atoms with Gasteiger partial charge in [0.05, 0.1) is 18.8 Å². The van der Waals surface area contributed by atoms with Crippen LogP contribution >= 0.6 is 0 Å². The zero-order valence-electron chi connectivity index (χ0n) is 14.3. The molecular weight excluding hydrogens is 333 g/mol. The lowest BCUT2D eigenvalue weighted by atomic mass is 9.87. The molecule has 0 aliphatic carbocycles. The number of amides is 1. The highest BCUT2D eigenvalue weighted by Gasteiger charge is 2.48. The van der Waals surface area contributed by atoms with Crippen molar-refractivity contribution in [3.05, 3.63) is 71.0 Å². The predicted molar refractivity (Wildman–Crippen MR) is 93.1 cm³/mol. The van der Waals surface area contributed by atoms with Crippen LogP contribution in [-0.4, -0.2) is 42.3 Å². The molecule has 0 spiro atoms. The van der Waals surface area contributed by atoms with E-state index in [-0.39, 0.29) is 30.0 Å². The van der Waals surface area contributed by atoms with Gasteiger partial charge in [0.1, 0.15) is 18.0 Å². The summed E-state index contributed by atoms with van der Waals surface area (Å²) >= 11 is 0. The SMILES string of the molecule is O=C([C@H]1C[C@@H]2O[C@@H]2CO1)N1CCc2ccccc2[C@@H]1c1ccc(F)cc1. The normalized spacial score (nSPS) is 29.7. The average molecular weight is 353 g/mol. The predicted octanol–water partition coefficient (Wildman–Crippen LogP) is 2.86. The van der Waals surface area contributed by atoms with E-state index in [0.29, 0.717) is 19.6 Å². The maximum absolute atomic E-state index is 13.4. The van der Waals surface area contributed by atoms with Crippen LogP contribution in [0.15, 0.2) is 48.5 Å². The molecule has 2 aromatic carbocycles. The number of fused-ring (bicyclic) bond motifs is 2. The fraction of sp³-hybridized carbons (Fsp3) is 0.381. The fourth-order valence-corrected chi connectivity index (χ4v) is 4.19. The van der Waals surface area contributed by atoms with Crippen LogP contribution < -0.4 is 0 Å². The maximum atomic E-state index is 13.4. The van der Waals surface area contributed by atoms with E-state index in [1.165, 1.54) is 17.7 Å².